The second-order valence-corrected chi connectivity index (χ2v) is 25.2. The van der Waals surface area contributed by atoms with E-state index in [-0.39, 0.29) is 80.6 Å². The van der Waals surface area contributed by atoms with E-state index in [1.807, 2.05) is 42.7 Å². The molecule has 2 aliphatic heterocycles. The van der Waals surface area contributed by atoms with Gasteiger partial charge in [-0.2, -0.15) is 33.7 Å². The molecular weight excluding hydrogens is 1120 g/mol. The molecular formula is C52H70N2O21S4. The van der Waals surface area contributed by atoms with Gasteiger partial charge in [0, 0.05) is 79.0 Å². The Kier molecular flexibility index (Phi) is 21.6. The molecule has 0 aromatic heterocycles. The van der Waals surface area contributed by atoms with Gasteiger partial charge in [0.2, 0.25) is 0 Å². The van der Waals surface area contributed by atoms with Crippen LogP contribution in [-0.4, -0.2) is 176 Å². The van der Waals surface area contributed by atoms with Crippen molar-refractivity contribution in [1.29, 1.82) is 0 Å². The van der Waals surface area contributed by atoms with Crippen LogP contribution in [0.4, 0.5) is 11.4 Å². The second kappa shape index (κ2) is 26.9. The van der Waals surface area contributed by atoms with Crippen molar-refractivity contribution in [3.05, 3.63) is 83.6 Å². The molecule has 23 nitrogen and oxygen atoms in total. The third kappa shape index (κ3) is 15.5. The van der Waals surface area contributed by atoms with Crippen molar-refractivity contribution in [1.82, 2.24) is 0 Å². The Morgan fingerprint density at radius 3 is 1.51 bits per heavy atom. The van der Waals surface area contributed by atoms with Crippen LogP contribution in [0.1, 0.15) is 64.0 Å². The Labute approximate surface area is 461 Å². The van der Waals surface area contributed by atoms with E-state index >= 15 is 0 Å². The van der Waals surface area contributed by atoms with Gasteiger partial charge in [0.1, 0.15) is 9.79 Å². The summed E-state index contributed by atoms with van der Waals surface area (Å²) in [6, 6.07) is 9.20. The first-order valence-corrected chi connectivity index (χ1v) is 31.1. The Bertz CT molecular complexity index is 3350. The zero-order valence-electron chi connectivity index (χ0n) is 44.7. The highest BCUT2D eigenvalue weighted by Crippen LogP contribution is 2.54. The molecule has 5 N–H and O–H groups in total. The number of methoxy groups -OCH3 is 2. The lowest BCUT2D eigenvalue weighted by atomic mass is 9.74. The number of carbonyl (C=O) groups is 1. The summed E-state index contributed by atoms with van der Waals surface area (Å²) in [7, 11) is -17.1. The van der Waals surface area contributed by atoms with Crippen molar-refractivity contribution in [3.8, 4) is 0 Å². The fraction of sp³-hybridized carbons (Fsp3) is 0.519. The largest absolute Gasteiger partial charge is 0.481 e. The first-order chi connectivity index (χ1) is 37.2. The van der Waals surface area contributed by atoms with E-state index < -0.39 is 82.9 Å². The molecule has 2 atom stereocenters. The minimum absolute atomic E-state index is 0.0129. The third-order valence-corrected chi connectivity index (χ3v) is 17.5. The standard InChI is InChI=1S/C52H70N2O21S4/c1-51(2)46(53(18-8-6-7-12-48(55)56)42-15-13-38-40(49(42)51)32-36(76(57,58)59)34-44(38)78(63,64)65)10-9-11-47-52(3,17-20-71-26-28-75-31-30-74-25-23-70-5)50-41-33-37(77(60,61)62)35-45(79(66,67)68)39(41)14-16-43(50)54(47)19-21-72-27-29-73-24-22-69-4/h9-11,13-16,32-35,47H,6-8,12,17-31H2,1-5H3,(H,55,56)(H,57,58,59)(H,60,61,62)(H,63,64,65)(H,66,67,68)/b11-9+,46-10+. The summed E-state index contributed by atoms with van der Waals surface area (Å²) >= 11 is 0. The normalized spacial score (nSPS) is 18.2. The van der Waals surface area contributed by atoms with E-state index in [9.17, 15) is 61.8 Å². The maximum atomic E-state index is 13.0. The number of fused-ring (bicyclic) bond motifs is 6. The molecule has 2 heterocycles. The number of carboxylic acids is 1. The van der Waals surface area contributed by atoms with Crippen molar-refractivity contribution >= 4 is 79.4 Å². The summed E-state index contributed by atoms with van der Waals surface area (Å²) in [5.41, 5.74) is 0.456. The summed E-state index contributed by atoms with van der Waals surface area (Å²) in [5.74, 6) is -0.954. The minimum atomic E-state index is -5.09. The van der Waals surface area contributed by atoms with Gasteiger partial charge in [0.25, 0.3) is 40.5 Å². The first kappa shape index (κ1) is 63.5. The number of ether oxygens (including phenoxy) is 7. The van der Waals surface area contributed by atoms with Crippen molar-refractivity contribution in [2.24, 2.45) is 0 Å². The molecule has 0 spiro atoms. The molecule has 0 saturated heterocycles. The van der Waals surface area contributed by atoms with Crippen LogP contribution >= 0.6 is 0 Å². The van der Waals surface area contributed by atoms with E-state index in [1.54, 1.807) is 32.4 Å². The van der Waals surface area contributed by atoms with Crippen LogP contribution in [-0.2, 0) is 89.3 Å². The van der Waals surface area contributed by atoms with E-state index in [0.29, 0.717) is 106 Å². The number of carboxylic acid groups (broad SMARTS) is 1. The molecule has 0 amide bonds. The van der Waals surface area contributed by atoms with Gasteiger partial charge >= 0.3 is 5.97 Å². The lowest BCUT2D eigenvalue weighted by Crippen LogP contribution is -2.44. The highest BCUT2D eigenvalue weighted by atomic mass is 32.2. The highest BCUT2D eigenvalue weighted by molar-refractivity contribution is 7.87. The number of hydrogen-bond acceptors (Lipinski definition) is 18. The van der Waals surface area contributed by atoms with E-state index in [4.69, 9.17) is 33.2 Å². The van der Waals surface area contributed by atoms with Crippen LogP contribution in [0.3, 0.4) is 0 Å². The Morgan fingerprint density at radius 2 is 1.03 bits per heavy atom. The number of aliphatic carboxylic acids is 1. The molecule has 0 saturated carbocycles. The summed E-state index contributed by atoms with van der Waals surface area (Å²) in [4.78, 5) is 12.3. The maximum Gasteiger partial charge on any atom is 0.303 e. The number of hydrogen-bond donors (Lipinski definition) is 5. The van der Waals surface area contributed by atoms with Gasteiger partial charge < -0.3 is 48.1 Å². The molecule has 6 rings (SSSR count). The van der Waals surface area contributed by atoms with Gasteiger partial charge in [-0.15, -0.1) is 0 Å². The minimum Gasteiger partial charge on any atom is -0.481 e. The topological polar surface area (TPSA) is 326 Å². The van der Waals surface area contributed by atoms with Crippen molar-refractivity contribution in [3.63, 3.8) is 0 Å². The number of benzene rings is 4. The van der Waals surface area contributed by atoms with E-state index in [2.05, 4.69) is 0 Å². The fourth-order valence-electron chi connectivity index (χ4n) is 10.4. The van der Waals surface area contributed by atoms with Crippen LogP contribution in [0, 0.1) is 0 Å². The molecule has 2 aliphatic rings. The van der Waals surface area contributed by atoms with Gasteiger partial charge in [-0.1, -0.05) is 51.5 Å². The number of anilines is 2. The number of rotatable bonds is 33. The highest BCUT2D eigenvalue weighted by Gasteiger charge is 2.48. The van der Waals surface area contributed by atoms with Gasteiger partial charge in [-0.05, 0) is 83.6 Å². The molecule has 0 radical (unpaired) electrons. The van der Waals surface area contributed by atoms with Crippen molar-refractivity contribution < 1.29 is 94.9 Å². The molecule has 79 heavy (non-hydrogen) atoms. The summed E-state index contributed by atoms with van der Waals surface area (Å²) < 4.78 is 183. The summed E-state index contributed by atoms with van der Waals surface area (Å²) in [6.07, 6.45) is 7.04. The lowest BCUT2D eigenvalue weighted by molar-refractivity contribution is -0.137. The maximum absolute atomic E-state index is 13.0. The predicted octanol–water partition coefficient (Wildman–Crippen LogP) is 6.07. The molecule has 0 bridgehead atoms. The van der Waals surface area contributed by atoms with E-state index in [0.717, 1.165) is 12.1 Å². The summed E-state index contributed by atoms with van der Waals surface area (Å²) in [6.45, 7) is 9.38. The quantitative estimate of drug-likeness (QED) is 0.0267. The molecule has 4 aromatic rings. The zero-order chi connectivity index (χ0) is 58.0. The smallest absolute Gasteiger partial charge is 0.303 e. The number of unbranched alkanes of at least 4 members (excludes halogenated alkanes) is 2. The first-order valence-electron chi connectivity index (χ1n) is 25.3. The van der Waals surface area contributed by atoms with Gasteiger partial charge in [-0.3, -0.25) is 23.0 Å². The predicted molar refractivity (Wildman–Crippen MR) is 292 cm³/mol. The molecule has 438 valence electrons. The van der Waals surface area contributed by atoms with Crippen LogP contribution < -0.4 is 9.80 Å². The SMILES string of the molecule is COCCOCCOCCOCCC1(C)c2c(ccc3c(S(=O)(=O)O)cc(S(=O)(=O)O)cc23)N(CCOCCOCCOC)C1/C=C/C=C1/N(CCCCCC(=O)O)c2ccc3c(S(=O)(=O)O)cc(S(=O)(=O)O)cc3c2C1(C)C. The zero-order valence-corrected chi connectivity index (χ0v) is 47.9. The molecule has 0 fully saturated rings. The average molecular weight is 1190 g/mol. The number of nitrogens with zero attached hydrogens (tertiary/aromatic N) is 2. The number of allylic oxidation sites excluding steroid dienone is 3. The lowest BCUT2D eigenvalue weighted by Gasteiger charge is -2.35. The van der Waals surface area contributed by atoms with Crippen LogP contribution in [0.25, 0.3) is 21.5 Å². The van der Waals surface area contributed by atoms with Gasteiger partial charge in [0.15, 0.2) is 0 Å². The molecule has 27 heteroatoms. The second-order valence-electron chi connectivity index (χ2n) is 19.6. The molecule has 2 unspecified atom stereocenters. The third-order valence-electron chi connectivity index (χ3n) is 14.0. The Hall–Kier alpha value is -4.69. The van der Waals surface area contributed by atoms with Gasteiger partial charge in [-0.25, -0.2) is 0 Å². The Balaban J connectivity index is 1.51. The monoisotopic (exact) mass is 1190 g/mol. The van der Waals surface area contributed by atoms with Crippen LogP contribution in [0.2, 0.25) is 0 Å². The average Bonchev–Trinajstić information content (AvgIpc) is 3.95. The fourth-order valence-corrected chi connectivity index (χ4v) is 13.0. The van der Waals surface area contributed by atoms with Crippen molar-refractivity contribution in [2.45, 2.75) is 89.3 Å². The Morgan fingerprint density at radius 1 is 0.557 bits per heavy atom. The van der Waals surface area contributed by atoms with Crippen molar-refractivity contribution in [2.75, 3.05) is 116 Å². The van der Waals surface area contributed by atoms with Crippen LogP contribution in [0.5, 0.6) is 0 Å². The van der Waals surface area contributed by atoms with E-state index in [1.165, 1.54) is 12.1 Å². The molecule has 4 aromatic carbocycles. The molecule has 0 aliphatic carbocycles. The van der Waals surface area contributed by atoms with Gasteiger partial charge in [0.05, 0.1) is 88.5 Å². The van der Waals surface area contributed by atoms with Crippen LogP contribution in [0.15, 0.2) is 92.0 Å². The summed E-state index contributed by atoms with van der Waals surface area (Å²) in [5, 5.41) is 9.53.